The molecule has 0 saturated heterocycles. The highest BCUT2D eigenvalue weighted by molar-refractivity contribution is 6.32. The first-order valence-corrected chi connectivity index (χ1v) is 8.15. The molecule has 118 valence electrons. The fourth-order valence-electron chi connectivity index (χ4n) is 2.32. The molecule has 2 aromatic rings. The van der Waals surface area contributed by atoms with E-state index in [2.05, 4.69) is 0 Å². The fraction of sp³-hybridized carbons (Fsp3) is 0.333. The second-order valence-electron chi connectivity index (χ2n) is 4.81. The van der Waals surface area contributed by atoms with Crippen LogP contribution in [0.5, 0.6) is 0 Å². The summed E-state index contributed by atoms with van der Waals surface area (Å²) >= 11 is 12.7. The molecule has 2 rings (SSSR count). The number of hydrogen-bond donors (Lipinski definition) is 0. The maximum Gasteiger partial charge on any atom is 0.0737 e. The lowest BCUT2D eigenvalue weighted by Gasteiger charge is -2.16. The number of benzene rings is 2. The molecular weight excluding hydrogens is 319 g/mol. The zero-order valence-electron chi connectivity index (χ0n) is 12.9. The Bertz CT molecular complexity index is 571. The molecule has 0 saturated carbocycles. The molecule has 0 aromatic heterocycles. The Kier molecular flexibility index (Phi) is 6.71. The molecule has 0 amide bonds. The first-order valence-electron chi connectivity index (χ1n) is 7.39. The van der Waals surface area contributed by atoms with Gasteiger partial charge in [-0.25, -0.2) is 0 Å². The van der Waals surface area contributed by atoms with Crippen LogP contribution in [-0.4, -0.2) is 13.2 Å². The third-order valence-corrected chi connectivity index (χ3v) is 4.14. The SMILES string of the molecule is CCOCc1c(Cl)cccc1-c1cccc(Cl)c1COCC. The molecule has 0 bridgehead atoms. The van der Waals surface area contributed by atoms with E-state index in [0.717, 1.165) is 22.3 Å². The predicted octanol–water partition coefficient (Wildman–Crippen LogP) is 5.73. The summed E-state index contributed by atoms with van der Waals surface area (Å²) in [7, 11) is 0. The largest absolute Gasteiger partial charge is 0.377 e. The van der Waals surface area contributed by atoms with Crippen LogP contribution in [0.1, 0.15) is 25.0 Å². The lowest BCUT2D eigenvalue weighted by molar-refractivity contribution is 0.133. The van der Waals surface area contributed by atoms with Gasteiger partial charge in [-0.3, -0.25) is 0 Å². The lowest BCUT2D eigenvalue weighted by atomic mass is 9.95. The molecule has 2 aromatic carbocycles. The van der Waals surface area contributed by atoms with E-state index >= 15 is 0 Å². The average Bonchev–Trinajstić information content (AvgIpc) is 2.52. The van der Waals surface area contributed by atoms with Crippen LogP contribution in [0.3, 0.4) is 0 Å². The average molecular weight is 339 g/mol. The first-order chi connectivity index (χ1) is 10.7. The van der Waals surface area contributed by atoms with Crippen molar-refractivity contribution < 1.29 is 9.47 Å². The number of rotatable bonds is 7. The molecule has 0 heterocycles. The number of ether oxygens (including phenoxy) is 2. The molecule has 0 aliphatic heterocycles. The van der Waals surface area contributed by atoms with Crippen LogP contribution in [0.15, 0.2) is 36.4 Å². The second kappa shape index (κ2) is 8.54. The molecule has 0 radical (unpaired) electrons. The van der Waals surface area contributed by atoms with Crippen molar-refractivity contribution in [3.8, 4) is 11.1 Å². The Balaban J connectivity index is 2.51. The van der Waals surface area contributed by atoms with Gasteiger partial charge in [0.15, 0.2) is 0 Å². The highest BCUT2D eigenvalue weighted by Crippen LogP contribution is 2.35. The molecule has 0 spiro atoms. The fourth-order valence-corrected chi connectivity index (χ4v) is 2.78. The van der Waals surface area contributed by atoms with Gasteiger partial charge >= 0.3 is 0 Å². The third-order valence-electron chi connectivity index (χ3n) is 3.43. The quantitative estimate of drug-likeness (QED) is 0.641. The molecule has 0 N–H and O–H groups in total. The molecule has 4 heteroatoms. The Morgan fingerprint density at radius 1 is 0.727 bits per heavy atom. The number of halogens is 2. The highest BCUT2D eigenvalue weighted by Gasteiger charge is 2.14. The second-order valence-corrected chi connectivity index (χ2v) is 5.62. The summed E-state index contributed by atoms with van der Waals surface area (Å²) in [6, 6.07) is 11.7. The van der Waals surface area contributed by atoms with Gasteiger partial charge in [0.05, 0.1) is 13.2 Å². The van der Waals surface area contributed by atoms with Crippen molar-refractivity contribution in [1.29, 1.82) is 0 Å². The van der Waals surface area contributed by atoms with Crippen molar-refractivity contribution in [1.82, 2.24) is 0 Å². The third kappa shape index (κ3) is 4.02. The van der Waals surface area contributed by atoms with E-state index in [4.69, 9.17) is 32.7 Å². The van der Waals surface area contributed by atoms with E-state index in [1.165, 1.54) is 0 Å². The zero-order valence-corrected chi connectivity index (χ0v) is 14.4. The van der Waals surface area contributed by atoms with Gasteiger partial charge in [-0.1, -0.05) is 47.5 Å². The van der Waals surface area contributed by atoms with Crippen molar-refractivity contribution in [3.05, 3.63) is 57.6 Å². The van der Waals surface area contributed by atoms with Crippen LogP contribution in [0.25, 0.3) is 11.1 Å². The van der Waals surface area contributed by atoms with E-state index in [1.54, 1.807) is 0 Å². The van der Waals surface area contributed by atoms with Crippen molar-refractivity contribution in [3.63, 3.8) is 0 Å². The van der Waals surface area contributed by atoms with Gasteiger partial charge in [0.2, 0.25) is 0 Å². The van der Waals surface area contributed by atoms with Crippen molar-refractivity contribution in [2.45, 2.75) is 27.1 Å². The van der Waals surface area contributed by atoms with E-state index in [-0.39, 0.29) is 0 Å². The molecule has 0 aliphatic carbocycles. The Labute approximate surface area is 142 Å². The van der Waals surface area contributed by atoms with Crippen molar-refractivity contribution in [2.75, 3.05) is 13.2 Å². The van der Waals surface area contributed by atoms with Crippen LogP contribution in [-0.2, 0) is 22.7 Å². The molecule has 0 fully saturated rings. The van der Waals surface area contributed by atoms with E-state index in [1.807, 2.05) is 50.2 Å². The Hall–Kier alpha value is -1.06. The maximum atomic E-state index is 6.37. The van der Waals surface area contributed by atoms with Gasteiger partial charge in [-0.2, -0.15) is 0 Å². The summed E-state index contributed by atoms with van der Waals surface area (Å²) in [5.74, 6) is 0. The van der Waals surface area contributed by atoms with Crippen molar-refractivity contribution >= 4 is 23.2 Å². The topological polar surface area (TPSA) is 18.5 Å². The minimum Gasteiger partial charge on any atom is -0.377 e. The van der Waals surface area contributed by atoms with Gasteiger partial charge in [-0.05, 0) is 37.1 Å². The first kappa shape index (κ1) is 17.3. The zero-order chi connectivity index (χ0) is 15.9. The summed E-state index contributed by atoms with van der Waals surface area (Å²) in [5.41, 5.74) is 4.04. The van der Waals surface area contributed by atoms with Crippen LogP contribution in [0.2, 0.25) is 10.0 Å². The van der Waals surface area contributed by atoms with Crippen LogP contribution < -0.4 is 0 Å². The van der Waals surface area contributed by atoms with E-state index < -0.39 is 0 Å². The molecule has 0 atom stereocenters. The molecule has 22 heavy (non-hydrogen) atoms. The molecule has 2 nitrogen and oxygen atoms in total. The van der Waals surface area contributed by atoms with E-state index in [0.29, 0.717) is 36.5 Å². The van der Waals surface area contributed by atoms with Gasteiger partial charge in [-0.15, -0.1) is 0 Å². The Morgan fingerprint density at radius 2 is 1.14 bits per heavy atom. The smallest absolute Gasteiger partial charge is 0.0737 e. The summed E-state index contributed by atoms with van der Waals surface area (Å²) in [6.45, 7) is 6.18. The molecular formula is C18H20Cl2O2. The minimum absolute atomic E-state index is 0.478. The summed E-state index contributed by atoms with van der Waals surface area (Å²) < 4.78 is 11.1. The number of hydrogen-bond acceptors (Lipinski definition) is 2. The van der Waals surface area contributed by atoms with Gasteiger partial charge < -0.3 is 9.47 Å². The van der Waals surface area contributed by atoms with Crippen LogP contribution in [0, 0.1) is 0 Å². The summed E-state index contributed by atoms with van der Waals surface area (Å²) in [6.07, 6.45) is 0. The van der Waals surface area contributed by atoms with Crippen LogP contribution >= 0.6 is 23.2 Å². The van der Waals surface area contributed by atoms with Gasteiger partial charge in [0.1, 0.15) is 0 Å². The summed E-state index contributed by atoms with van der Waals surface area (Å²) in [5, 5.41) is 1.40. The monoisotopic (exact) mass is 338 g/mol. The van der Waals surface area contributed by atoms with E-state index in [9.17, 15) is 0 Å². The van der Waals surface area contributed by atoms with Gasteiger partial charge in [0, 0.05) is 34.4 Å². The Morgan fingerprint density at radius 3 is 1.50 bits per heavy atom. The standard InChI is InChI=1S/C18H20Cl2O2/c1-3-21-11-15-13(7-5-9-17(15)19)14-8-6-10-18(20)16(14)12-22-4-2/h5-10H,3-4,11-12H2,1-2H3. The maximum absolute atomic E-state index is 6.37. The van der Waals surface area contributed by atoms with Crippen molar-refractivity contribution in [2.24, 2.45) is 0 Å². The summed E-state index contributed by atoms with van der Waals surface area (Å²) in [4.78, 5) is 0. The normalized spacial score (nSPS) is 10.9. The minimum atomic E-state index is 0.478. The molecule has 0 unspecified atom stereocenters. The van der Waals surface area contributed by atoms with Gasteiger partial charge in [0.25, 0.3) is 0 Å². The molecule has 0 aliphatic rings. The predicted molar refractivity (Wildman–Crippen MR) is 92.6 cm³/mol. The lowest BCUT2D eigenvalue weighted by Crippen LogP contribution is -2.00. The highest BCUT2D eigenvalue weighted by atomic mass is 35.5. The van der Waals surface area contributed by atoms with Crippen LogP contribution in [0.4, 0.5) is 0 Å².